The molecule has 20 heavy (non-hydrogen) atoms. The molecule has 0 aliphatic heterocycles. The van der Waals surface area contributed by atoms with Crippen molar-refractivity contribution < 1.29 is 15.0 Å². The van der Waals surface area contributed by atoms with E-state index in [0.29, 0.717) is 6.42 Å². The molecule has 0 heterocycles. The summed E-state index contributed by atoms with van der Waals surface area (Å²) in [6.45, 7) is 1.96. The molecule has 0 bridgehead atoms. The second-order valence-corrected chi connectivity index (χ2v) is 5.54. The molecule has 0 aliphatic rings. The molecule has 118 valence electrons. The fourth-order valence-corrected chi connectivity index (χ4v) is 2.20. The molecule has 3 heteroatoms. The summed E-state index contributed by atoms with van der Waals surface area (Å²) in [5, 5.41) is 17.6. The van der Waals surface area contributed by atoms with Crippen LogP contribution in [0.1, 0.15) is 77.6 Å². The number of allylic oxidation sites excluding steroid dienone is 2. The van der Waals surface area contributed by atoms with Crippen molar-refractivity contribution in [1.82, 2.24) is 0 Å². The monoisotopic (exact) mass is 284 g/mol. The summed E-state index contributed by atoms with van der Waals surface area (Å²) in [4.78, 5) is 10.7. The van der Waals surface area contributed by atoms with Gasteiger partial charge in [0.2, 0.25) is 0 Å². The predicted molar refractivity (Wildman–Crippen MR) is 83.8 cm³/mol. The van der Waals surface area contributed by atoms with Crippen LogP contribution in [0.2, 0.25) is 0 Å². The molecule has 0 aromatic carbocycles. The van der Waals surface area contributed by atoms with E-state index < -0.39 is 11.9 Å². The van der Waals surface area contributed by atoms with Crippen LogP contribution >= 0.6 is 0 Å². The first-order valence-corrected chi connectivity index (χ1v) is 8.21. The molecule has 1 atom stereocenters. The molecule has 0 rings (SSSR count). The summed E-state index contributed by atoms with van der Waals surface area (Å²) in [7, 11) is 0. The molecule has 0 aliphatic carbocycles. The molecule has 0 aromatic heterocycles. The van der Waals surface area contributed by atoms with Crippen molar-refractivity contribution in [3.8, 4) is 0 Å². The number of aliphatic hydroxyl groups is 1. The highest BCUT2D eigenvalue weighted by Crippen LogP contribution is 2.11. The van der Waals surface area contributed by atoms with Gasteiger partial charge >= 0.3 is 5.97 Å². The van der Waals surface area contributed by atoms with E-state index in [2.05, 4.69) is 6.92 Å². The van der Waals surface area contributed by atoms with Crippen LogP contribution in [0, 0.1) is 5.92 Å². The van der Waals surface area contributed by atoms with Crippen molar-refractivity contribution in [1.29, 1.82) is 0 Å². The quantitative estimate of drug-likeness (QED) is 0.363. The second kappa shape index (κ2) is 14.6. The van der Waals surface area contributed by atoms with Gasteiger partial charge < -0.3 is 10.2 Å². The van der Waals surface area contributed by atoms with Gasteiger partial charge in [-0.05, 0) is 19.3 Å². The third-order valence-electron chi connectivity index (χ3n) is 3.63. The summed E-state index contributed by atoms with van der Waals surface area (Å²) in [6, 6.07) is 0. The number of hydrogen-bond donors (Lipinski definition) is 2. The van der Waals surface area contributed by atoms with Crippen molar-refractivity contribution in [2.75, 3.05) is 6.61 Å². The molecule has 0 radical (unpaired) electrons. The highest BCUT2D eigenvalue weighted by atomic mass is 16.4. The van der Waals surface area contributed by atoms with Gasteiger partial charge in [-0.1, -0.05) is 70.4 Å². The van der Waals surface area contributed by atoms with Gasteiger partial charge in [0, 0.05) is 0 Å². The van der Waals surface area contributed by atoms with Crippen LogP contribution in [-0.4, -0.2) is 22.8 Å². The number of carboxylic acid groups (broad SMARTS) is 1. The normalized spacial score (nSPS) is 12.9. The molecule has 0 saturated heterocycles. The van der Waals surface area contributed by atoms with Crippen LogP contribution in [0.15, 0.2) is 12.2 Å². The van der Waals surface area contributed by atoms with Crippen molar-refractivity contribution in [3.63, 3.8) is 0 Å². The number of carbonyl (C=O) groups is 1. The summed E-state index contributed by atoms with van der Waals surface area (Å²) in [5.41, 5.74) is 0. The SMILES string of the molecule is CCCCCCCCCCCC=CCC(CO)C(=O)O. The van der Waals surface area contributed by atoms with E-state index in [1.807, 2.05) is 12.2 Å². The molecule has 0 amide bonds. The average molecular weight is 284 g/mol. The Morgan fingerprint density at radius 3 is 2.00 bits per heavy atom. The van der Waals surface area contributed by atoms with Gasteiger partial charge in [0.1, 0.15) is 0 Å². The van der Waals surface area contributed by atoms with E-state index in [1.54, 1.807) is 0 Å². The lowest BCUT2D eigenvalue weighted by atomic mass is 10.0. The highest BCUT2D eigenvalue weighted by Gasteiger charge is 2.13. The topological polar surface area (TPSA) is 57.5 Å². The van der Waals surface area contributed by atoms with Crippen LogP contribution in [0.5, 0.6) is 0 Å². The van der Waals surface area contributed by atoms with Crippen LogP contribution in [0.25, 0.3) is 0 Å². The van der Waals surface area contributed by atoms with Gasteiger partial charge in [0.25, 0.3) is 0 Å². The standard InChI is InChI=1S/C17H32O3/c1-2-3-4-5-6-7-8-9-10-11-12-13-14-16(15-18)17(19)20/h12-13,16,18H,2-11,14-15H2,1H3,(H,19,20). The smallest absolute Gasteiger partial charge is 0.309 e. The minimum Gasteiger partial charge on any atom is -0.481 e. The molecule has 1 unspecified atom stereocenters. The molecule has 0 aromatic rings. The maximum atomic E-state index is 10.7. The summed E-state index contributed by atoms with van der Waals surface area (Å²) < 4.78 is 0. The van der Waals surface area contributed by atoms with Crippen molar-refractivity contribution in [2.45, 2.75) is 77.6 Å². The van der Waals surface area contributed by atoms with Crippen LogP contribution < -0.4 is 0 Å². The second-order valence-electron chi connectivity index (χ2n) is 5.54. The number of carboxylic acids is 1. The third-order valence-corrected chi connectivity index (χ3v) is 3.63. The van der Waals surface area contributed by atoms with Gasteiger partial charge in [0.05, 0.1) is 12.5 Å². The van der Waals surface area contributed by atoms with E-state index in [4.69, 9.17) is 10.2 Å². The maximum absolute atomic E-state index is 10.7. The van der Waals surface area contributed by atoms with Gasteiger partial charge in [-0.2, -0.15) is 0 Å². The summed E-state index contributed by atoms with van der Waals surface area (Å²) >= 11 is 0. The Bertz CT molecular complexity index is 249. The number of aliphatic hydroxyl groups excluding tert-OH is 1. The number of hydrogen-bond acceptors (Lipinski definition) is 2. The minimum atomic E-state index is -0.916. The van der Waals surface area contributed by atoms with Gasteiger partial charge in [-0.3, -0.25) is 4.79 Å². The van der Waals surface area contributed by atoms with Gasteiger partial charge in [-0.25, -0.2) is 0 Å². The molecule has 0 spiro atoms. The lowest BCUT2D eigenvalue weighted by Gasteiger charge is -2.04. The van der Waals surface area contributed by atoms with Crippen molar-refractivity contribution in [3.05, 3.63) is 12.2 Å². The Kier molecular flexibility index (Phi) is 14.0. The molecular formula is C17H32O3. The zero-order valence-electron chi connectivity index (χ0n) is 13.0. The molecule has 0 fully saturated rings. The highest BCUT2D eigenvalue weighted by molar-refractivity contribution is 5.70. The fourth-order valence-electron chi connectivity index (χ4n) is 2.20. The maximum Gasteiger partial charge on any atom is 0.309 e. The first kappa shape index (κ1) is 19.2. The molecular weight excluding hydrogens is 252 g/mol. The Balaban J connectivity index is 3.29. The average Bonchev–Trinajstić information content (AvgIpc) is 2.43. The van der Waals surface area contributed by atoms with Crippen molar-refractivity contribution >= 4 is 5.97 Å². The minimum absolute atomic E-state index is 0.280. The molecule has 2 N–H and O–H groups in total. The molecule has 0 saturated carbocycles. The number of aliphatic carboxylic acids is 1. The van der Waals surface area contributed by atoms with Crippen molar-refractivity contribution in [2.24, 2.45) is 5.92 Å². The van der Waals surface area contributed by atoms with Gasteiger partial charge in [-0.15, -0.1) is 0 Å². The molecule has 3 nitrogen and oxygen atoms in total. The van der Waals surface area contributed by atoms with E-state index in [-0.39, 0.29) is 6.61 Å². The number of rotatable bonds is 14. The first-order valence-electron chi connectivity index (χ1n) is 8.21. The van der Waals surface area contributed by atoms with E-state index in [1.165, 1.54) is 57.8 Å². The summed E-state index contributed by atoms with van der Waals surface area (Å²) in [6.07, 6.45) is 17.3. The third kappa shape index (κ3) is 12.2. The Morgan fingerprint density at radius 1 is 0.950 bits per heavy atom. The van der Waals surface area contributed by atoms with Gasteiger partial charge in [0.15, 0.2) is 0 Å². The Hall–Kier alpha value is -0.830. The summed E-state index contributed by atoms with van der Waals surface area (Å²) in [5.74, 6) is -1.56. The first-order chi connectivity index (χ1) is 9.72. The Labute approximate surface area is 124 Å². The zero-order chi connectivity index (χ0) is 15.1. The largest absolute Gasteiger partial charge is 0.481 e. The fraction of sp³-hybridized carbons (Fsp3) is 0.824. The Morgan fingerprint density at radius 2 is 1.50 bits per heavy atom. The van der Waals surface area contributed by atoms with Crippen LogP contribution in [0.3, 0.4) is 0 Å². The lowest BCUT2D eigenvalue weighted by molar-refractivity contribution is -0.142. The van der Waals surface area contributed by atoms with Crippen LogP contribution in [0.4, 0.5) is 0 Å². The van der Waals surface area contributed by atoms with Crippen LogP contribution in [-0.2, 0) is 4.79 Å². The predicted octanol–water partition coefficient (Wildman–Crippen LogP) is 4.55. The van der Waals surface area contributed by atoms with E-state index in [0.717, 1.165) is 6.42 Å². The van der Waals surface area contributed by atoms with E-state index >= 15 is 0 Å². The number of unbranched alkanes of at least 4 members (excludes halogenated alkanes) is 9. The van der Waals surface area contributed by atoms with E-state index in [9.17, 15) is 4.79 Å². The lowest BCUT2D eigenvalue weighted by Crippen LogP contribution is -2.16. The zero-order valence-corrected chi connectivity index (χ0v) is 13.0.